The molecule has 1 aliphatic heterocycles. The molecule has 1 aliphatic rings. The highest BCUT2D eigenvalue weighted by molar-refractivity contribution is 6.46. The maximum Gasteiger partial charge on any atom is 0.295 e. The van der Waals surface area contributed by atoms with Crippen LogP contribution >= 0.6 is 0 Å². The van der Waals surface area contributed by atoms with Crippen molar-refractivity contribution in [3.05, 3.63) is 70.5 Å². The first kappa shape index (κ1) is 23.5. The second kappa shape index (κ2) is 9.96. The van der Waals surface area contributed by atoms with Crippen molar-refractivity contribution in [3.8, 4) is 5.75 Å². The average Bonchev–Trinajstić information content (AvgIpc) is 3.00. The van der Waals surface area contributed by atoms with Crippen LogP contribution in [0, 0.1) is 12.7 Å². The Morgan fingerprint density at radius 2 is 1.84 bits per heavy atom. The molecule has 2 aromatic rings. The largest absolute Gasteiger partial charge is 0.507 e. The topological polar surface area (TPSA) is 70.1 Å². The molecule has 0 aliphatic carbocycles. The SMILES string of the molecule is CCOc1ccc(C(O)=C2C(=O)C(=O)N(CCCN(C)C)[C@@H]2c2ccc(F)cc2)cc1C. The number of hydrogen-bond donors (Lipinski definition) is 1. The Hall–Kier alpha value is -3.19. The summed E-state index contributed by atoms with van der Waals surface area (Å²) in [6.45, 7) is 5.31. The van der Waals surface area contributed by atoms with Crippen LogP contribution in [0.25, 0.3) is 5.76 Å². The molecule has 1 fully saturated rings. The van der Waals surface area contributed by atoms with E-state index in [1.54, 1.807) is 30.3 Å². The van der Waals surface area contributed by atoms with Crippen molar-refractivity contribution in [1.82, 2.24) is 9.80 Å². The fourth-order valence-corrected chi connectivity index (χ4v) is 3.93. The summed E-state index contributed by atoms with van der Waals surface area (Å²) in [5.41, 5.74) is 1.80. The molecule has 3 rings (SSSR count). The molecule has 6 nitrogen and oxygen atoms in total. The molecule has 1 heterocycles. The van der Waals surface area contributed by atoms with Gasteiger partial charge in [0, 0.05) is 12.1 Å². The number of nitrogens with zero attached hydrogens (tertiary/aromatic N) is 2. The Morgan fingerprint density at radius 3 is 2.44 bits per heavy atom. The van der Waals surface area contributed by atoms with E-state index in [1.807, 2.05) is 32.8 Å². The summed E-state index contributed by atoms with van der Waals surface area (Å²) < 4.78 is 19.1. The molecule has 0 bridgehead atoms. The van der Waals surface area contributed by atoms with Gasteiger partial charge in [0.25, 0.3) is 11.7 Å². The summed E-state index contributed by atoms with van der Waals surface area (Å²) in [5, 5.41) is 11.1. The number of ketones is 1. The highest BCUT2D eigenvalue weighted by Crippen LogP contribution is 2.40. The van der Waals surface area contributed by atoms with Crippen molar-refractivity contribution in [2.45, 2.75) is 26.3 Å². The fraction of sp³-hybridized carbons (Fsp3) is 0.360. The number of Topliss-reactive ketones (excluding diaryl/α,β-unsaturated/α-hetero) is 1. The van der Waals surface area contributed by atoms with Crippen LogP contribution in [-0.4, -0.2) is 60.4 Å². The normalized spacial score (nSPS) is 17.9. The van der Waals surface area contributed by atoms with Gasteiger partial charge < -0.3 is 19.6 Å². The average molecular weight is 441 g/mol. The van der Waals surface area contributed by atoms with Crippen molar-refractivity contribution in [3.63, 3.8) is 0 Å². The number of aryl methyl sites for hydroxylation is 1. The lowest BCUT2D eigenvalue weighted by Gasteiger charge is -2.26. The smallest absolute Gasteiger partial charge is 0.295 e. The maximum absolute atomic E-state index is 13.6. The van der Waals surface area contributed by atoms with Gasteiger partial charge >= 0.3 is 0 Å². The molecule has 0 unspecified atom stereocenters. The lowest BCUT2D eigenvalue weighted by atomic mass is 9.94. The third-order valence-corrected chi connectivity index (χ3v) is 5.48. The van der Waals surface area contributed by atoms with E-state index in [0.717, 1.165) is 12.1 Å². The van der Waals surface area contributed by atoms with Crippen LogP contribution in [0.5, 0.6) is 5.75 Å². The van der Waals surface area contributed by atoms with Gasteiger partial charge in [-0.15, -0.1) is 0 Å². The van der Waals surface area contributed by atoms with Crippen molar-refractivity contribution >= 4 is 17.4 Å². The second-order valence-corrected chi connectivity index (χ2v) is 8.11. The van der Waals surface area contributed by atoms with E-state index in [1.165, 1.54) is 17.0 Å². The number of benzene rings is 2. The van der Waals surface area contributed by atoms with Crippen molar-refractivity contribution in [2.24, 2.45) is 0 Å². The van der Waals surface area contributed by atoms with Gasteiger partial charge in [-0.25, -0.2) is 4.39 Å². The van der Waals surface area contributed by atoms with Crippen LogP contribution in [0.15, 0.2) is 48.0 Å². The molecular weight excluding hydrogens is 411 g/mol. The van der Waals surface area contributed by atoms with Crippen LogP contribution in [-0.2, 0) is 9.59 Å². The number of likely N-dealkylation sites (tertiary alicyclic amines) is 1. The van der Waals surface area contributed by atoms with E-state index < -0.39 is 23.5 Å². The van der Waals surface area contributed by atoms with Gasteiger partial charge in [0.15, 0.2) is 0 Å². The van der Waals surface area contributed by atoms with Gasteiger partial charge in [-0.05, 0) is 82.4 Å². The Balaban J connectivity index is 2.08. The number of carbonyl (C=O) groups excluding carboxylic acids is 2. The van der Waals surface area contributed by atoms with Gasteiger partial charge in [0.1, 0.15) is 17.3 Å². The number of hydrogen-bond acceptors (Lipinski definition) is 5. The van der Waals surface area contributed by atoms with E-state index in [0.29, 0.717) is 36.4 Å². The third-order valence-electron chi connectivity index (χ3n) is 5.48. The number of halogens is 1. The molecule has 170 valence electrons. The predicted octanol–water partition coefficient (Wildman–Crippen LogP) is 3.91. The van der Waals surface area contributed by atoms with Crippen LogP contribution in [0.4, 0.5) is 4.39 Å². The molecule has 0 aromatic heterocycles. The standard InChI is InChI=1S/C25H29FN2O4/c1-5-32-20-12-9-18(15-16(20)2)23(29)21-22(17-7-10-19(26)11-8-17)28(25(31)24(21)30)14-6-13-27(3)4/h7-12,15,22,29H,5-6,13-14H2,1-4H3/t22-/m1/s1. The molecule has 1 saturated heterocycles. The summed E-state index contributed by atoms with van der Waals surface area (Å²) >= 11 is 0. The van der Waals surface area contributed by atoms with E-state index in [2.05, 4.69) is 0 Å². The van der Waals surface area contributed by atoms with Gasteiger partial charge in [-0.1, -0.05) is 12.1 Å². The summed E-state index contributed by atoms with van der Waals surface area (Å²) in [5.74, 6) is -1.39. The molecule has 0 spiro atoms. The molecule has 2 aromatic carbocycles. The summed E-state index contributed by atoms with van der Waals surface area (Å²) in [6, 6.07) is 9.99. The molecular formula is C25H29FN2O4. The molecule has 1 N–H and O–H groups in total. The maximum atomic E-state index is 13.6. The minimum atomic E-state index is -0.787. The van der Waals surface area contributed by atoms with Gasteiger partial charge in [-0.2, -0.15) is 0 Å². The molecule has 1 amide bonds. The molecule has 7 heteroatoms. The van der Waals surface area contributed by atoms with Gasteiger partial charge in [0.05, 0.1) is 18.2 Å². The minimum Gasteiger partial charge on any atom is -0.507 e. The lowest BCUT2D eigenvalue weighted by Crippen LogP contribution is -2.32. The first-order valence-corrected chi connectivity index (χ1v) is 10.7. The summed E-state index contributed by atoms with van der Waals surface area (Å²) in [6.07, 6.45) is 0.653. The van der Waals surface area contributed by atoms with Gasteiger partial charge in [-0.3, -0.25) is 9.59 Å². The first-order valence-electron chi connectivity index (χ1n) is 10.7. The van der Waals surface area contributed by atoms with Gasteiger partial charge in [0.2, 0.25) is 0 Å². The molecule has 1 atom stereocenters. The fourth-order valence-electron chi connectivity index (χ4n) is 3.93. The Labute approximate surface area is 187 Å². The van der Waals surface area contributed by atoms with Crippen LogP contribution in [0.1, 0.15) is 36.1 Å². The number of amides is 1. The first-order chi connectivity index (χ1) is 15.2. The van der Waals surface area contributed by atoms with E-state index >= 15 is 0 Å². The number of aliphatic hydroxyl groups is 1. The van der Waals surface area contributed by atoms with Crippen molar-refractivity contribution < 1.29 is 23.8 Å². The quantitative estimate of drug-likeness (QED) is 0.383. The lowest BCUT2D eigenvalue weighted by molar-refractivity contribution is -0.139. The Bertz CT molecular complexity index is 1030. The van der Waals surface area contributed by atoms with Crippen molar-refractivity contribution in [1.29, 1.82) is 0 Å². The molecule has 32 heavy (non-hydrogen) atoms. The Morgan fingerprint density at radius 1 is 1.16 bits per heavy atom. The number of ether oxygens (including phenoxy) is 1. The number of rotatable bonds is 8. The number of aliphatic hydroxyl groups excluding tert-OH is 1. The zero-order valence-electron chi connectivity index (χ0n) is 18.9. The van der Waals surface area contributed by atoms with E-state index in [9.17, 15) is 19.1 Å². The third kappa shape index (κ3) is 4.83. The predicted molar refractivity (Wildman–Crippen MR) is 121 cm³/mol. The zero-order valence-corrected chi connectivity index (χ0v) is 18.9. The molecule has 0 saturated carbocycles. The monoisotopic (exact) mass is 440 g/mol. The van der Waals surface area contributed by atoms with Crippen molar-refractivity contribution in [2.75, 3.05) is 33.8 Å². The molecule has 0 radical (unpaired) electrons. The van der Waals surface area contributed by atoms with Crippen LogP contribution < -0.4 is 4.74 Å². The Kier molecular flexibility index (Phi) is 7.30. The highest BCUT2D eigenvalue weighted by Gasteiger charge is 2.45. The van der Waals surface area contributed by atoms with E-state index in [-0.39, 0.29) is 11.3 Å². The number of carbonyl (C=O) groups is 2. The van der Waals surface area contributed by atoms with E-state index in [4.69, 9.17) is 4.74 Å². The second-order valence-electron chi connectivity index (χ2n) is 8.11. The van der Waals surface area contributed by atoms with Crippen LogP contribution in [0.2, 0.25) is 0 Å². The highest BCUT2D eigenvalue weighted by atomic mass is 19.1. The minimum absolute atomic E-state index is 0.00928. The summed E-state index contributed by atoms with van der Waals surface area (Å²) in [4.78, 5) is 29.4. The van der Waals surface area contributed by atoms with Crippen LogP contribution in [0.3, 0.4) is 0 Å². The summed E-state index contributed by atoms with van der Waals surface area (Å²) in [7, 11) is 3.86. The zero-order chi connectivity index (χ0) is 23.4.